The van der Waals surface area contributed by atoms with E-state index in [1.165, 1.54) is 30.8 Å². The molecule has 0 aromatic heterocycles. The fourth-order valence-electron chi connectivity index (χ4n) is 2.46. The lowest BCUT2D eigenvalue weighted by atomic mass is 10.1. The zero-order valence-electron chi connectivity index (χ0n) is 11.1. The first kappa shape index (κ1) is 13.3. The van der Waals surface area contributed by atoms with Crippen molar-refractivity contribution >= 4 is 22.9 Å². The predicted molar refractivity (Wildman–Crippen MR) is 81.2 cm³/mol. The van der Waals surface area contributed by atoms with E-state index in [-0.39, 0.29) is 0 Å². The van der Waals surface area contributed by atoms with Crippen molar-refractivity contribution in [1.29, 1.82) is 0 Å². The largest absolute Gasteiger partial charge is 0.389 e. The number of hydrogen-bond donors (Lipinski definition) is 2. The Morgan fingerprint density at radius 3 is 2.89 bits per heavy atom. The molecule has 0 aliphatic carbocycles. The van der Waals surface area contributed by atoms with Crippen LogP contribution in [0, 0.1) is 12.8 Å². The van der Waals surface area contributed by atoms with Crippen molar-refractivity contribution in [3.63, 3.8) is 0 Å². The van der Waals surface area contributed by atoms with Crippen LogP contribution in [-0.2, 0) is 0 Å². The predicted octanol–water partition coefficient (Wildman–Crippen LogP) is 1.99. The summed E-state index contributed by atoms with van der Waals surface area (Å²) in [5, 5.41) is 3.53. The Hall–Kier alpha value is -1.13. The van der Waals surface area contributed by atoms with Crippen molar-refractivity contribution in [2.24, 2.45) is 11.7 Å². The van der Waals surface area contributed by atoms with Crippen LogP contribution in [0.4, 0.5) is 5.69 Å². The zero-order chi connectivity index (χ0) is 13.1. The fraction of sp³-hybridized carbons (Fsp3) is 0.500. The number of thiocarbonyl (C=S) groups is 1. The summed E-state index contributed by atoms with van der Waals surface area (Å²) in [6.07, 6.45) is 1.29. The molecule has 1 aliphatic rings. The molecule has 18 heavy (non-hydrogen) atoms. The van der Waals surface area contributed by atoms with Crippen LogP contribution < -0.4 is 11.1 Å². The average molecular weight is 263 g/mol. The lowest BCUT2D eigenvalue weighted by Crippen LogP contribution is -2.19. The summed E-state index contributed by atoms with van der Waals surface area (Å²) >= 11 is 4.98. The Bertz CT molecular complexity index is 445. The van der Waals surface area contributed by atoms with Crippen LogP contribution in [0.2, 0.25) is 0 Å². The molecule has 98 valence electrons. The van der Waals surface area contributed by atoms with E-state index in [9.17, 15) is 0 Å². The second-order valence-electron chi connectivity index (χ2n) is 5.19. The van der Waals surface area contributed by atoms with Crippen molar-refractivity contribution in [1.82, 2.24) is 4.90 Å². The maximum Gasteiger partial charge on any atom is 0.103 e. The minimum atomic E-state index is 0.460. The molecule has 2 rings (SSSR count). The van der Waals surface area contributed by atoms with Crippen LogP contribution in [0.5, 0.6) is 0 Å². The van der Waals surface area contributed by atoms with Gasteiger partial charge in [0.2, 0.25) is 0 Å². The van der Waals surface area contributed by atoms with E-state index in [0.717, 1.165) is 18.0 Å². The summed E-state index contributed by atoms with van der Waals surface area (Å²) in [7, 11) is 2.18. The first-order valence-corrected chi connectivity index (χ1v) is 6.80. The molecule has 0 radical (unpaired) electrons. The van der Waals surface area contributed by atoms with E-state index in [4.69, 9.17) is 18.0 Å². The normalized spacial score (nSPS) is 20.0. The highest BCUT2D eigenvalue weighted by molar-refractivity contribution is 7.80. The number of benzene rings is 1. The van der Waals surface area contributed by atoms with Gasteiger partial charge in [0.15, 0.2) is 0 Å². The van der Waals surface area contributed by atoms with Gasteiger partial charge in [0.25, 0.3) is 0 Å². The van der Waals surface area contributed by atoms with E-state index in [1.807, 2.05) is 12.1 Å². The molecule has 0 amide bonds. The second kappa shape index (κ2) is 5.67. The van der Waals surface area contributed by atoms with Crippen molar-refractivity contribution in [2.75, 3.05) is 32.0 Å². The van der Waals surface area contributed by atoms with E-state index >= 15 is 0 Å². The van der Waals surface area contributed by atoms with E-state index in [0.29, 0.717) is 4.99 Å². The van der Waals surface area contributed by atoms with Gasteiger partial charge in [-0.15, -0.1) is 0 Å². The zero-order valence-corrected chi connectivity index (χ0v) is 11.9. The van der Waals surface area contributed by atoms with Gasteiger partial charge in [-0.25, -0.2) is 0 Å². The number of nitrogens with two attached hydrogens (primary N) is 1. The van der Waals surface area contributed by atoms with Crippen molar-refractivity contribution in [3.05, 3.63) is 29.3 Å². The Labute approximate surface area is 114 Å². The number of nitrogens with zero attached hydrogens (tertiary/aromatic N) is 1. The van der Waals surface area contributed by atoms with Gasteiger partial charge in [-0.3, -0.25) is 0 Å². The third kappa shape index (κ3) is 3.21. The molecule has 0 spiro atoms. The Kier molecular flexibility index (Phi) is 4.19. The lowest BCUT2D eigenvalue weighted by molar-refractivity contribution is 0.399. The third-order valence-electron chi connectivity index (χ3n) is 3.58. The molecule has 3 N–H and O–H groups in total. The van der Waals surface area contributed by atoms with Gasteiger partial charge in [-0.2, -0.15) is 0 Å². The number of rotatable bonds is 4. The molecule has 4 heteroatoms. The summed E-state index contributed by atoms with van der Waals surface area (Å²) in [6.45, 7) is 5.53. The molecule has 1 heterocycles. The third-order valence-corrected chi connectivity index (χ3v) is 3.82. The van der Waals surface area contributed by atoms with Gasteiger partial charge in [0.1, 0.15) is 4.99 Å². The maximum atomic E-state index is 5.63. The Morgan fingerprint density at radius 1 is 1.56 bits per heavy atom. The smallest absolute Gasteiger partial charge is 0.103 e. The highest BCUT2D eigenvalue weighted by atomic mass is 32.1. The van der Waals surface area contributed by atoms with Crippen molar-refractivity contribution in [3.8, 4) is 0 Å². The van der Waals surface area contributed by atoms with Crippen molar-refractivity contribution in [2.45, 2.75) is 13.3 Å². The molecular weight excluding hydrogens is 242 g/mol. The van der Waals surface area contributed by atoms with Crippen LogP contribution in [0.1, 0.15) is 17.5 Å². The molecule has 1 aromatic rings. The van der Waals surface area contributed by atoms with Gasteiger partial charge < -0.3 is 16.0 Å². The second-order valence-corrected chi connectivity index (χ2v) is 5.63. The number of hydrogen-bond acceptors (Lipinski definition) is 3. The standard InChI is InChI=1S/C14H21N3S/c1-10-7-12(14(15)18)3-4-13(10)16-8-11-5-6-17(2)9-11/h3-4,7,11,16H,5-6,8-9H2,1-2H3,(H2,15,18). The molecule has 0 saturated carbocycles. The molecular formula is C14H21N3S. The molecule has 1 aromatic carbocycles. The SMILES string of the molecule is Cc1cc(C(N)=S)ccc1NCC1CCN(C)C1. The van der Waals surface area contributed by atoms with E-state index < -0.39 is 0 Å². The van der Waals surface area contributed by atoms with Crippen LogP contribution >= 0.6 is 12.2 Å². The first-order chi connectivity index (χ1) is 8.56. The summed E-state index contributed by atoms with van der Waals surface area (Å²) in [5.74, 6) is 0.754. The lowest BCUT2D eigenvalue weighted by Gasteiger charge is -2.15. The number of aryl methyl sites for hydroxylation is 1. The van der Waals surface area contributed by atoms with Gasteiger partial charge in [-0.1, -0.05) is 12.2 Å². The molecule has 1 aliphatic heterocycles. The van der Waals surface area contributed by atoms with Gasteiger partial charge in [0.05, 0.1) is 0 Å². The van der Waals surface area contributed by atoms with E-state index in [1.54, 1.807) is 0 Å². The minimum Gasteiger partial charge on any atom is -0.389 e. The molecule has 1 fully saturated rings. The monoisotopic (exact) mass is 263 g/mol. The summed E-state index contributed by atoms with van der Waals surface area (Å²) in [6, 6.07) is 6.10. The van der Waals surface area contributed by atoms with Crippen LogP contribution in [0.25, 0.3) is 0 Å². The maximum absolute atomic E-state index is 5.63. The number of likely N-dealkylation sites (tertiary alicyclic amines) is 1. The summed E-state index contributed by atoms with van der Waals surface area (Å²) < 4.78 is 0. The quantitative estimate of drug-likeness (QED) is 0.815. The number of anilines is 1. The molecule has 1 saturated heterocycles. The topological polar surface area (TPSA) is 41.3 Å². The average Bonchev–Trinajstić information content (AvgIpc) is 2.73. The van der Waals surface area contributed by atoms with Crippen LogP contribution in [-0.4, -0.2) is 36.6 Å². The van der Waals surface area contributed by atoms with Gasteiger partial charge >= 0.3 is 0 Å². The summed E-state index contributed by atoms with van der Waals surface area (Å²) in [5.41, 5.74) is 8.95. The highest BCUT2D eigenvalue weighted by Crippen LogP contribution is 2.19. The highest BCUT2D eigenvalue weighted by Gasteiger charge is 2.18. The first-order valence-electron chi connectivity index (χ1n) is 6.39. The number of nitrogens with one attached hydrogen (secondary N) is 1. The minimum absolute atomic E-state index is 0.460. The Morgan fingerprint density at radius 2 is 2.33 bits per heavy atom. The molecule has 3 nitrogen and oxygen atoms in total. The van der Waals surface area contributed by atoms with Crippen LogP contribution in [0.3, 0.4) is 0 Å². The van der Waals surface area contributed by atoms with Gasteiger partial charge in [-0.05, 0) is 56.6 Å². The summed E-state index contributed by atoms with van der Waals surface area (Å²) in [4.78, 5) is 2.84. The van der Waals surface area contributed by atoms with E-state index in [2.05, 4.69) is 30.3 Å². The molecule has 1 unspecified atom stereocenters. The van der Waals surface area contributed by atoms with Crippen molar-refractivity contribution < 1.29 is 0 Å². The Balaban J connectivity index is 1.95. The molecule has 1 atom stereocenters. The van der Waals surface area contributed by atoms with Gasteiger partial charge in [0, 0.05) is 24.3 Å². The van der Waals surface area contributed by atoms with Crippen LogP contribution in [0.15, 0.2) is 18.2 Å². The fourth-order valence-corrected chi connectivity index (χ4v) is 2.59. The molecule has 0 bridgehead atoms.